The van der Waals surface area contributed by atoms with Crippen LogP contribution in [0.25, 0.3) is 6.08 Å². The number of hydrogen-bond donors (Lipinski definition) is 0. The van der Waals surface area contributed by atoms with Gasteiger partial charge in [0.1, 0.15) is 0 Å². The van der Waals surface area contributed by atoms with E-state index in [1.807, 2.05) is 27.8 Å². The van der Waals surface area contributed by atoms with Crippen LogP contribution in [-0.2, 0) is 4.79 Å². The lowest BCUT2D eigenvalue weighted by atomic mass is 9.99. The summed E-state index contributed by atoms with van der Waals surface area (Å²) >= 11 is 1.65. The molecule has 2 rings (SSSR count). The summed E-state index contributed by atoms with van der Waals surface area (Å²) in [6, 6.07) is 2.02. The monoisotopic (exact) mass is 235 g/mol. The summed E-state index contributed by atoms with van der Waals surface area (Å²) in [7, 11) is 0. The van der Waals surface area contributed by atoms with E-state index in [0.29, 0.717) is 0 Å². The Morgan fingerprint density at radius 2 is 2.25 bits per heavy atom. The molecule has 0 bridgehead atoms. The van der Waals surface area contributed by atoms with E-state index < -0.39 is 0 Å². The first-order valence-electron chi connectivity index (χ1n) is 5.75. The van der Waals surface area contributed by atoms with E-state index in [4.69, 9.17) is 0 Å². The SMILES string of the molecule is CC1CCN(C(=O)/C=C/c2ccsc2)CC1. The van der Waals surface area contributed by atoms with E-state index in [1.54, 1.807) is 17.4 Å². The number of piperidine rings is 1. The number of carbonyl (C=O) groups excluding carboxylic acids is 1. The molecule has 86 valence electrons. The minimum Gasteiger partial charge on any atom is -0.339 e. The van der Waals surface area contributed by atoms with E-state index in [2.05, 4.69) is 6.92 Å². The predicted octanol–water partition coefficient (Wildman–Crippen LogP) is 3.02. The summed E-state index contributed by atoms with van der Waals surface area (Å²) in [5.41, 5.74) is 1.11. The number of amides is 1. The molecule has 0 spiro atoms. The van der Waals surface area contributed by atoms with Crippen LogP contribution in [0.15, 0.2) is 22.9 Å². The minimum absolute atomic E-state index is 0.151. The maximum atomic E-state index is 11.8. The van der Waals surface area contributed by atoms with Crippen LogP contribution in [-0.4, -0.2) is 23.9 Å². The summed E-state index contributed by atoms with van der Waals surface area (Å²) in [6.45, 7) is 4.07. The highest BCUT2D eigenvalue weighted by Gasteiger charge is 2.18. The Kier molecular flexibility index (Phi) is 3.78. The van der Waals surface area contributed by atoms with Crippen LogP contribution < -0.4 is 0 Å². The average molecular weight is 235 g/mol. The van der Waals surface area contributed by atoms with Gasteiger partial charge in [0.25, 0.3) is 0 Å². The van der Waals surface area contributed by atoms with Crippen molar-refractivity contribution in [2.45, 2.75) is 19.8 Å². The van der Waals surface area contributed by atoms with E-state index in [1.165, 1.54) is 0 Å². The highest BCUT2D eigenvalue weighted by Crippen LogP contribution is 2.16. The molecule has 1 aliphatic rings. The lowest BCUT2D eigenvalue weighted by molar-refractivity contribution is -0.127. The summed E-state index contributed by atoms with van der Waals surface area (Å²) in [6.07, 6.45) is 5.87. The van der Waals surface area contributed by atoms with Gasteiger partial charge in [0, 0.05) is 19.2 Å². The van der Waals surface area contributed by atoms with E-state index >= 15 is 0 Å². The largest absolute Gasteiger partial charge is 0.339 e. The van der Waals surface area contributed by atoms with Crippen LogP contribution in [0.2, 0.25) is 0 Å². The topological polar surface area (TPSA) is 20.3 Å². The number of carbonyl (C=O) groups is 1. The van der Waals surface area contributed by atoms with Gasteiger partial charge in [-0.15, -0.1) is 0 Å². The van der Waals surface area contributed by atoms with Gasteiger partial charge in [-0.2, -0.15) is 11.3 Å². The van der Waals surface area contributed by atoms with Gasteiger partial charge in [-0.25, -0.2) is 0 Å². The molecule has 1 aliphatic heterocycles. The molecule has 2 nitrogen and oxygen atoms in total. The van der Waals surface area contributed by atoms with Gasteiger partial charge >= 0.3 is 0 Å². The quantitative estimate of drug-likeness (QED) is 0.722. The number of likely N-dealkylation sites (tertiary alicyclic amines) is 1. The number of hydrogen-bond acceptors (Lipinski definition) is 2. The van der Waals surface area contributed by atoms with Crippen molar-refractivity contribution < 1.29 is 4.79 Å². The Hall–Kier alpha value is -1.09. The average Bonchev–Trinajstić information content (AvgIpc) is 2.80. The first kappa shape index (κ1) is 11.4. The molecule has 1 amide bonds. The fraction of sp³-hybridized carbons (Fsp3) is 0.462. The zero-order valence-electron chi connectivity index (χ0n) is 9.56. The molecule has 0 atom stereocenters. The molecule has 0 saturated carbocycles. The molecule has 1 aromatic rings. The molecule has 3 heteroatoms. The fourth-order valence-electron chi connectivity index (χ4n) is 1.87. The van der Waals surface area contributed by atoms with Gasteiger partial charge in [0.15, 0.2) is 0 Å². The second-order valence-electron chi connectivity index (χ2n) is 4.40. The van der Waals surface area contributed by atoms with Crippen molar-refractivity contribution >= 4 is 23.3 Å². The molecular weight excluding hydrogens is 218 g/mol. The second-order valence-corrected chi connectivity index (χ2v) is 5.18. The van der Waals surface area contributed by atoms with Crippen molar-refractivity contribution in [1.29, 1.82) is 0 Å². The van der Waals surface area contributed by atoms with E-state index in [0.717, 1.165) is 37.4 Å². The number of nitrogens with zero attached hydrogens (tertiary/aromatic N) is 1. The highest BCUT2D eigenvalue weighted by molar-refractivity contribution is 7.08. The molecule has 1 fully saturated rings. The molecule has 1 aromatic heterocycles. The smallest absolute Gasteiger partial charge is 0.246 e. The third kappa shape index (κ3) is 2.95. The van der Waals surface area contributed by atoms with Crippen LogP contribution >= 0.6 is 11.3 Å². The van der Waals surface area contributed by atoms with Crippen molar-refractivity contribution in [3.8, 4) is 0 Å². The fourth-order valence-corrected chi connectivity index (χ4v) is 2.50. The Bertz CT molecular complexity index is 361. The first-order chi connectivity index (χ1) is 7.75. The number of thiophene rings is 1. The number of rotatable bonds is 2. The third-order valence-corrected chi connectivity index (χ3v) is 3.76. The molecule has 0 N–H and O–H groups in total. The van der Waals surface area contributed by atoms with E-state index in [-0.39, 0.29) is 5.91 Å². The molecular formula is C13H17NOS. The maximum absolute atomic E-state index is 11.8. The molecule has 0 aromatic carbocycles. The molecule has 0 unspecified atom stereocenters. The van der Waals surface area contributed by atoms with Crippen molar-refractivity contribution in [1.82, 2.24) is 4.90 Å². The van der Waals surface area contributed by atoms with Gasteiger partial charge in [-0.05, 0) is 47.2 Å². The van der Waals surface area contributed by atoms with Gasteiger partial charge in [-0.1, -0.05) is 6.92 Å². The standard InChI is InChI=1S/C13H17NOS/c1-11-4-7-14(8-5-11)13(15)3-2-12-6-9-16-10-12/h2-3,6,9-11H,4-5,7-8H2,1H3/b3-2+. The molecule has 16 heavy (non-hydrogen) atoms. The Morgan fingerprint density at radius 3 is 2.88 bits per heavy atom. The predicted molar refractivity (Wildman–Crippen MR) is 68.3 cm³/mol. The lowest BCUT2D eigenvalue weighted by Crippen LogP contribution is -2.36. The van der Waals surface area contributed by atoms with Gasteiger partial charge < -0.3 is 4.90 Å². The minimum atomic E-state index is 0.151. The summed E-state index contributed by atoms with van der Waals surface area (Å²) in [4.78, 5) is 13.8. The van der Waals surface area contributed by atoms with Crippen LogP contribution in [0.4, 0.5) is 0 Å². The van der Waals surface area contributed by atoms with Crippen molar-refractivity contribution in [3.05, 3.63) is 28.5 Å². The Balaban J connectivity index is 1.88. The molecule has 0 aliphatic carbocycles. The molecule has 0 radical (unpaired) electrons. The lowest BCUT2D eigenvalue weighted by Gasteiger charge is -2.29. The molecule has 2 heterocycles. The zero-order chi connectivity index (χ0) is 11.4. The first-order valence-corrected chi connectivity index (χ1v) is 6.69. The normalized spacial score (nSPS) is 18.2. The van der Waals surface area contributed by atoms with Crippen LogP contribution in [0, 0.1) is 5.92 Å². The third-order valence-electron chi connectivity index (χ3n) is 3.06. The van der Waals surface area contributed by atoms with E-state index in [9.17, 15) is 4.79 Å². The Morgan fingerprint density at radius 1 is 1.50 bits per heavy atom. The van der Waals surface area contributed by atoms with Crippen LogP contribution in [0.3, 0.4) is 0 Å². The summed E-state index contributed by atoms with van der Waals surface area (Å²) < 4.78 is 0. The Labute approximate surface area is 101 Å². The zero-order valence-corrected chi connectivity index (χ0v) is 10.4. The van der Waals surface area contributed by atoms with Crippen molar-refractivity contribution in [3.63, 3.8) is 0 Å². The van der Waals surface area contributed by atoms with Crippen molar-refractivity contribution in [2.75, 3.05) is 13.1 Å². The van der Waals surface area contributed by atoms with Crippen LogP contribution in [0.5, 0.6) is 0 Å². The maximum Gasteiger partial charge on any atom is 0.246 e. The van der Waals surface area contributed by atoms with Crippen LogP contribution in [0.1, 0.15) is 25.3 Å². The van der Waals surface area contributed by atoms with Gasteiger partial charge in [0.05, 0.1) is 0 Å². The highest BCUT2D eigenvalue weighted by atomic mass is 32.1. The van der Waals surface area contributed by atoms with Gasteiger partial charge in [0.2, 0.25) is 5.91 Å². The summed E-state index contributed by atoms with van der Waals surface area (Å²) in [5, 5.41) is 4.06. The molecule has 1 saturated heterocycles. The van der Waals surface area contributed by atoms with Crippen molar-refractivity contribution in [2.24, 2.45) is 5.92 Å². The van der Waals surface area contributed by atoms with Gasteiger partial charge in [-0.3, -0.25) is 4.79 Å². The summed E-state index contributed by atoms with van der Waals surface area (Å²) in [5.74, 6) is 0.919. The second kappa shape index (κ2) is 5.30.